The molecule has 1 saturated heterocycles. The lowest BCUT2D eigenvalue weighted by Gasteiger charge is -2.31. The molecule has 0 bridgehead atoms. The fourth-order valence-electron chi connectivity index (χ4n) is 2.05. The number of rotatable bonds is 1. The molecule has 0 saturated carbocycles. The number of likely N-dealkylation sites (tertiary alicyclic amines) is 1. The van der Waals surface area contributed by atoms with E-state index in [2.05, 4.69) is 15.9 Å². The van der Waals surface area contributed by atoms with Crippen molar-refractivity contribution in [1.82, 2.24) is 4.90 Å². The predicted molar refractivity (Wildman–Crippen MR) is 72.2 cm³/mol. The van der Waals surface area contributed by atoms with Gasteiger partial charge in [0.25, 0.3) is 5.91 Å². The molecular formula is C12H13BrClFN2O. The third-order valence-electron chi connectivity index (χ3n) is 2.99. The maximum absolute atomic E-state index is 13.5. The van der Waals surface area contributed by atoms with Crippen LogP contribution in [-0.2, 0) is 0 Å². The van der Waals surface area contributed by atoms with Crippen LogP contribution >= 0.6 is 27.5 Å². The van der Waals surface area contributed by atoms with E-state index in [0.29, 0.717) is 13.1 Å². The molecule has 1 atom stereocenters. The Kier molecular flexibility index (Phi) is 4.25. The van der Waals surface area contributed by atoms with Crippen LogP contribution in [0.5, 0.6) is 0 Å². The van der Waals surface area contributed by atoms with Gasteiger partial charge in [-0.25, -0.2) is 4.39 Å². The van der Waals surface area contributed by atoms with Crippen molar-refractivity contribution in [3.63, 3.8) is 0 Å². The number of nitrogens with two attached hydrogens (primary N) is 1. The molecule has 2 rings (SSSR count). The molecular weight excluding hydrogens is 323 g/mol. The Balaban J connectivity index is 2.25. The summed E-state index contributed by atoms with van der Waals surface area (Å²) < 4.78 is 13.7. The van der Waals surface area contributed by atoms with E-state index in [0.717, 1.165) is 18.9 Å². The SMILES string of the molecule is N[C@@H]1CCCN(C(=O)c2cc(F)c(Br)cc2Cl)C1. The highest BCUT2D eigenvalue weighted by Crippen LogP contribution is 2.26. The van der Waals surface area contributed by atoms with Crippen molar-refractivity contribution in [3.05, 3.63) is 33.0 Å². The molecule has 1 aliphatic heterocycles. The van der Waals surface area contributed by atoms with Crippen LogP contribution in [0.25, 0.3) is 0 Å². The van der Waals surface area contributed by atoms with Gasteiger partial charge in [-0.15, -0.1) is 0 Å². The second-order valence-electron chi connectivity index (χ2n) is 4.40. The minimum absolute atomic E-state index is 0.0122. The summed E-state index contributed by atoms with van der Waals surface area (Å²) in [5, 5.41) is 0.243. The molecule has 1 amide bonds. The van der Waals surface area contributed by atoms with Gasteiger partial charge in [-0.05, 0) is 40.9 Å². The molecule has 0 aromatic heterocycles. The van der Waals surface area contributed by atoms with E-state index in [1.54, 1.807) is 4.90 Å². The first kappa shape index (κ1) is 13.8. The number of hydrogen-bond donors (Lipinski definition) is 1. The van der Waals surface area contributed by atoms with Crippen LogP contribution in [-0.4, -0.2) is 29.9 Å². The molecule has 0 unspecified atom stereocenters. The number of amides is 1. The molecule has 18 heavy (non-hydrogen) atoms. The molecule has 0 spiro atoms. The smallest absolute Gasteiger partial charge is 0.255 e. The molecule has 1 aromatic carbocycles. The summed E-state index contributed by atoms with van der Waals surface area (Å²) in [6, 6.07) is 2.55. The van der Waals surface area contributed by atoms with Gasteiger partial charge in [0.1, 0.15) is 5.82 Å². The first-order valence-corrected chi connectivity index (χ1v) is 6.85. The second-order valence-corrected chi connectivity index (χ2v) is 5.66. The summed E-state index contributed by atoms with van der Waals surface area (Å²) in [5.41, 5.74) is 6.01. The highest BCUT2D eigenvalue weighted by Gasteiger charge is 2.24. The van der Waals surface area contributed by atoms with E-state index in [1.807, 2.05) is 0 Å². The maximum Gasteiger partial charge on any atom is 0.255 e. The zero-order valence-electron chi connectivity index (χ0n) is 9.63. The third kappa shape index (κ3) is 2.84. The molecule has 0 radical (unpaired) electrons. The average molecular weight is 336 g/mol. The highest BCUT2D eigenvalue weighted by atomic mass is 79.9. The summed E-state index contributed by atoms with van der Waals surface area (Å²) in [7, 11) is 0. The number of nitrogens with zero attached hydrogens (tertiary/aromatic N) is 1. The number of halogens is 3. The van der Waals surface area contributed by atoms with Crippen molar-refractivity contribution in [2.75, 3.05) is 13.1 Å². The van der Waals surface area contributed by atoms with Crippen LogP contribution in [0.15, 0.2) is 16.6 Å². The summed E-state index contributed by atoms with van der Waals surface area (Å²) in [4.78, 5) is 13.9. The lowest BCUT2D eigenvalue weighted by atomic mass is 10.1. The van der Waals surface area contributed by atoms with E-state index in [9.17, 15) is 9.18 Å². The number of carbonyl (C=O) groups is 1. The molecule has 1 fully saturated rings. The largest absolute Gasteiger partial charge is 0.337 e. The number of benzene rings is 1. The van der Waals surface area contributed by atoms with E-state index in [1.165, 1.54) is 6.07 Å². The Morgan fingerprint density at radius 1 is 1.56 bits per heavy atom. The van der Waals surface area contributed by atoms with E-state index >= 15 is 0 Å². The zero-order chi connectivity index (χ0) is 13.3. The summed E-state index contributed by atoms with van der Waals surface area (Å²) in [5.74, 6) is -0.759. The van der Waals surface area contributed by atoms with Crippen LogP contribution in [0.2, 0.25) is 5.02 Å². The standard InChI is InChI=1S/C12H13BrClFN2O/c13-9-5-10(14)8(4-11(9)15)12(18)17-3-1-2-7(16)6-17/h4-5,7H,1-3,6,16H2/t7-/m1/s1. The van der Waals surface area contributed by atoms with Crippen LogP contribution in [0.3, 0.4) is 0 Å². The first-order chi connectivity index (χ1) is 8.49. The fourth-order valence-corrected chi connectivity index (χ4v) is 2.77. The van der Waals surface area contributed by atoms with Gasteiger partial charge >= 0.3 is 0 Å². The van der Waals surface area contributed by atoms with Crippen LogP contribution in [0.4, 0.5) is 4.39 Å². The van der Waals surface area contributed by atoms with Crippen molar-refractivity contribution in [2.24, 2.45) is 5.73 Å². The number of hydrogen-bond acceptors (Lipinski definition) is 2. The molecule has 1 aliphatic rings. The highest BCUT2D eigenvalue weighted by molar-refractivity contribution is 9.10. The minimum Gasteiger partial charge on any atom is -0.337 e. The second kappa shape index (κ2) is 5.55. The molecule has 1 aromatic rings. The number of carbonyl (C=O) groups excluding carboxylic acids is 1. The van der Waals surface area contributed by atoms with E-state index in [4.69, 9.17) is 17.3 Å². The first-order valence-electron chi connectivity index (χ1n) is 5.68. The predicted octanol–water partition coefficient (Wildman–Crippen LogP) is 2.80. The molecule has 1 heterocycles. The van der Waals surface area contributed by atoms with Gasteiger partial charge in [-0.2, -0.15) is 0 Å². The average Bonchev–Trinajstić information content (AvgIpc) is 2.33. The van der Waals surface area contributed by atoms with Gasteiger partial charge in [-0.1, -0.05) is 11.6 Å². The fraction of sp³-hybridized carbons (Fsp3) is 0.417. The molecule has 6 heteroatoms. The third-order valence-corrected chi connectivity index (χ3v) is 3.91. The van der Waals surface area contributed by atoms with Gasteiger partial charge in [0.05, 0.1) is 15.1 Å². The Morgan fingerprint density at radius 2 is 2.28 bits per heavy atom. The topological polar surface area (TPSA) is 46.3 Å². The number of piperidine rings is 1. The van der Waals surface area contributed by atoms with Crippen LogP contribution in [0.1, 0.15) is 23.2 Å². The van der Waals surface area contributed by atoms with Crippen molar-refractivity contribution in [2.45, 2.75) is 18.9 Å². The van der Waals surface area contributed by atoms with Crippen molar-refractivity contribution < 1.29 is 9.18 Å². The quantitative estimate of drug-likeness (QED) is 0.802. The van der Waals surface area contributed by atoms with Crippen LogP contribution < -0.4 is 5.73 Å². The molecule has 3 nitrogen and oxygen atoms in total. The van der Waals surface area contributed by atoms with Crippen molar-refractivity contribution in [1.29, 1.82) is 0 Å². The monoisotopic (exact) mass is 334 g/mol. The van der Waals surface area contributed by atoms with Crippen molar-refractivity contribution >= 4 is 33.4 Å². The van der Waals surface area contributed by atoms with Gasteiger partial charge in [-0.3, -0.25) is 4.79 Å². The molecule has 0 aliphatic carbocycles. The Labute approximate surface area is 118 Å². The Hall–Kier alpha value is -0.650. The van der Waals surface area contributed by atoms with Gasteiger partial charge in [0, 0.05) is 19.1 Å². The summed E-state index contributed by atoms with van der Waals surface area (Å²) >= 11 is 9.01. The Morgan fingerprint density at radius 3 is 2.94 bits per heavy atom. The van der Waals surface area contributed by atoms with Gasteiger partial charge in [0.15, 0.2) is 0 Å². The van der Waals surface area contributed by atoms with E-state index in [-0.39, 0.29) is 27.0 Å². The zero-order valence-corrected chi connectivity index (χ0v) is 12.0. The Bertz CT molecular complexity index is 483. The van der Waals surface area contributed by atoms with Crippen molar-refractivity contribution in [3.8, 4) is 0 Å². The van der Waals surface area contributed by atoms with E-state index < -0.39 is 5.82 Å². The lowest BCUT2D eigenvalue weighted by Crippen LogP contribution is -2.45. The normalized spacial score (nSPS) is 20.0. The minimum atomic E-state index is -0.496. The van der Waals surface area contributed by atoms with Gasteiger partial charge < -0.3 is 10.6 Å². The maximum atomic E-state index is 13.5. The summed E-state index contributed by atoms with van der Waals surface area (Å²) in [6.45, 7) is 1.13. The van der Waals surface area contributed by atoms with Gasteiger partial charge in [0.2, 0.25) is 0 Å². The van der Waals surface area contributed by atoms with Crippen LogP contribution in [0, 0.1) is 5.82 Å². The summed E-state index contributed by atoms with van der Waals surface area (Å²) in [6.07, 6.45) is 1.77. The molecule has 2 N–H and O–H groups in total. The lowest BCUT2D eigenvalue weighted by molar-refractivity contribution is 0.0708. The molecule has 98 valence electrons.